The van der Waals surface area contributed by atoms with Gasteiger partial charge in [-0.05, 0) is 37.0 Å². The Balaban J connectivity index is 2.27. The smallest absolute Gasteiger partial charge is 0.306 e. The minimum atomic E-state index is -0.0259. The third-order valence-corrected chi connectivity index (χ3v) is 2.94. The van der Waals surface area contributed by atoms with Crippen LogP contribution in [0.5, 0.6) is 0 Å². The first-order valence-electron chi connectivity index (χ1n) is 6.06. The molecule has 2 heteroatoms. The Morgan fingerprint density at radius 3 is 2.20 bits per heavy atom. The van der Waals surface area contributed by atoms with Crippen molar-refractivity contribution in [3.05, 3.63) is 0 Å². The van der Waals surface area contributed by atoms with Crippen molar-refractivity contribution in [1.29, 1.82) is 0 Å². The second-order valence-electron chi connectivity index (χ2n) is 6.11. The molecule has 0 saturated heterocycles. The molecule has 0 atom stereocenters. The van der Waals surface area contributed by atoms with Gasteiger partial charge in [0.2, 0.25) is 0 Å². The van der Waals surface area contributed by atoms with Gasteiger partial charge in [-0.15, -0.1) is 0 Å². The number of esters is 1. The number of hydrogen-bond acceptors (Lipinski definition) is 2. The summed E-state index contributed by atoms with van der Waals surface area (Å²) in [4.78, 5) is 11.6. The molecule has 0 unspecified atom stereocenters. The van der Waals surface area contributed by atoms with Gasteiger partial charge in [-0.3, -0.25) is 4.79 Å². The average Bonchev–Trinajstić information content (AvgIpc) is 2.05. The molecule has 1 fully saturated rings. The van der Waals surface area contributed by atoms with E-state index in [1.165, 1.54) is 12.8 Å². The average molecular weight is 212 g/mol. The molecule has 0 aromatic heterocycles. The number of carbonyl (C=O) groups excluding carboxylic acids is 1. The summed E-state index contributed by atoms with van der Waals surface area (Å²) in [5.74, 6) is 0.782. The van der Waals surface area contributed by atoms with Gasteiger partial charge in [0.15, 0.2) is 0 Å². The zero-order valence-corrected chi connectivity index (χ0v) is 10.5. The lowest BCUT2D eigenvalue weighted by Gasteiger charge is -2.27. The summed E-state index contributed by atoms with van der Waals surface area (Å²) in [6.45, 7) is 8.47. The van der Waals surface area contributed by atoms with E-state index in [4.69, 9.17) is 4.74 Å². The van der Waals surface area contributed by atoms with Gasteiger partial charge in [0.05, 0.1) is 6.42 Å². The summed E-state index contributed by atoms with van der Waals surface area (Å²) >= 11 is 0. The third-order valence-electron chi connectivity index (χ3n) is 2.94. The molecule has 88 valence electrons. The van der Waals surface area contributed by atoms with Crippen LogP contribution in [0.1, 0.15) is 59.8 Å². The molecule has 1 aliphatic rings. The summed E-state index contributed by atoms with van der Waals surface area (Å²) in [7, 11) is 0. The molecule has 1 aliphatic carbocycles. The lowest BCUT2D eigenvalue weighted by Crippen LogP contribution is -2.25. The van der Waals surface area contributed by atoms with Crippen molar-refractivity contribution in [2.45, 2.75) is 65.9 Å². The molecular formula is C13H24O2. The van der Waals surface area contributed by atoms with Crippen LogP contribution >= 0.6 is 0 Å². The summed E-state index contributed by atoms with van der Waals surface area (Å²) in [5.41, 5.74) is 0.0407. The molecule has 15 heavy (non-hydrogen) atoms. The maximum absolute atomic E-state index is 11.6. The third kappa shape index (κ3) is 5.19. The summed E-state index contributed by atoms with van der Waals surface area (Å²) < 4.78 is 5.48. The van der Waals surface area contributed by atoms with Gasteiger partial charge in [0, 0.05) is 0 Å². The van der Waals surface area contributed by atoms with Crippen LogP contribution in [-0.2, 0) is 9.53 Å². The van der Waals surface area contributed by atoms with Crippen molar-refractivity contribution in [1.82, 2.24) is 0 Å². The molecule has 1 rings (SSSR count). The van der Waals surface area contributed by atoms with Crippen LogP contribution in [0.4, 0.5) is 0 Å². The topological polar surface area (TPSA) is 26.3 Å². The Kier molecular flexibility index (Phi) is 4.18. The van der Waals surface area contributed by atoms with Crippen LogP contribution in [0.15, 0.2) is 0 Å². The predicted molar refractivity (Wildman–Crippen MR) is 61.6 cm³/mol. The van der Waals surface area contributed by atoms with Crippen LogP contribution in [0, 0.1) is 11.3 Å². The highest BCUT2D eigenvalue weighted by Crippen LogP contribution is 2.27. The first-order valence-corrected chi connectivity index (χ1v) is 6.06. The number of carbonyl (C=O) groups is 1. The summed E-state index contributed by atoms with van der Waals surface area (Å²) in [5, 5.41) is 0. The molecule has 0 bridgehead atoms. The molecule has 0 amide bonds. The molecule has 0 radical (unpaired) electrons. The van der Waals surface area contributed by atoms with Crippen LogP contribution in [0.25, 0.3) is 0 Å². The Morgan fingerprint density at radius 2 is 1.73 bits per heavy atom. The molecule has 0 N–H and O–H groups in total. The van der Waals surface area contributed by atoms with Gasteiger partial charge in [0.25, 0.3) is 0 Å². The highest BCUT2D eigenvalue weighted by Gasteiger charge is 2.23. The zero-order chi connectivity index (χ0) is 11.5. The highest BCUT2D eigenvalue weighted by atomic mass is 16.5. The van der Waals surface area contributed by atoms with E-state index in [1.807, 2.05) is 0 Å². The number of rotatable bonds is 2. The standard InChI is InChI=1S/C13H24O2/c1-10-5-7-11(8-6-10)15-12(14)9-13(2,3)4/h10-11H,5-9H2,1-4H3. The number of hydrogen-bond donors (Lipinski definition) is 0. The van der Waals surface area contributed by atoms with Crippen LogP contribution in [-0.4, -0.2) is 12.1 Å². The quantitative estimate of drug-likeness (QED) is 0.654. The highest BCUT2D eigenvalue weighted by molar-refractivity contribution is 5.70. The van der Waals surface area contributed by atoms with Crippen molar-refractivity contribution in [3.8, 4) is 0 Å². The Morgan fingerprint density at radius 1 is 1.20 bits per heavy atom. The van der Waals surface area contributed by atoms with Gasteiger partial charge in [-0.25, -0.2) is 0 Å². The lowest BCUT2D eigenvalue weighted by molar-refractivity contribution is -0.153. The Hall–Kier alpha value is -0.530. The maximum Gasteiger partial charge on any atom is 0.306 e. The SMILES string of the molecule is CC1CCC(OC(=O)CC(C)(C)C)CC1. The van der Waals surface area contributed by atoms with Crippen molar-refractivity contribution in [2.75, 3.05) is 0 Å². The molecule has 0 aliphatic heterocycles. The first-order chi connectivity index (χ1) is 6.87. The van der Waals surface area contributed by atoms with E-state index in [1.54, 1.807) is 0 Å². The minimum absolute atomic E-state index is 0.0259. The van der Waals surface area contributed by atoms with Gasteiger partial charge in [0.1, 0.15) is 6.10 Å². The molecule has 0 spiro atoms. The van der Waals surface area contributed by atoms with E-state index in [0.29, 0.717) is 6.42 Å². The van der Waals surface area contributed by atoms with E-state index >= 15 is 0 Å². The summed E-state index contributed by atoms with van der Waals surface area (Å²) in [6.07, 6.45) is 5.23. The lowest BCUT2D eigenvalue weighted by atomic mass is 9.88. The number of ether oxygens (including phenoxy) is 1. The van der Waals surface area contributed by atoms with Crippen molar-refractivity contribution >= 4 is 5.97 Å². The Bertz CT molecular complexity index is 207. The molecule has 0 heterocycles. The van der Waals surface area contributed by atoms with Gasteiger partial charge in [-0.1, -0.05) is 27.7 Å². The fraction of sp³-hybridized carbons (Fsp3) is 0.923. The summed E-state index contributed by atoms with van der Waals surface area (Å²) in [6, 6.07) is 0. The molecular weight excluding hydrogens is 188 g/mol. The fourth-order valence-corrected chi connectivity index (χ4v) is 2.01. The normalized spacial score (nSPS) is 27.5. The Labute approximate surface area is 93.4 Å². The van der Waals surface area contributed by atoms with Gasteiger partial charge in [-0.2, -0.15) is 0 Å². The van der Waals surface area contributed by atoms with E-state index in [9.17, 15) is 4.79 Å². The zero-order valence-electron chi connectivity index (χ0n) is 10.5. The van der Waals surface area contributed by atoms with E-state index < -0.39 is 0 Å². The molecule has 0 aromatic rings. The van der Waals surface area contributed by atoms with Crippen LogP contribution in [0.3, 0.4) is 0 Å². The minimum Gasteiger partial charge on any atom is -0.462 e. The van der Waals surface area contributed by atoms with Crippen molar-refractivity contribution in [3.63, 3.8) is 0 Å². The molecule has 2 nitrogen and oxygen atoms in total. The van der Waals surface area contributed by atoms with E-state index in [2.05, 4.69) is 27.7 Å². The predicted octanol–water partition coefficient (Wildman–Crippen LogP) is 3.54. The largest absolute Gasteiger partial charge is 0.462 e. The molecule has 0 aromatic carbocycles. The second-order valence-corrected chi connectivity index (χ2v) is 6.11. The van der Waals surface area contributed by atoms with Gasteiger partial charge >= 0.3 is 5.97 Å². The molecule has 1 saturated carbocycles. The van der Waals surface area contributed by atoms with Crippen LogP contribution < -0.4 is 0 Å². The first kappa shape index (κ1) is 12.5. The van der Waals surface area contributed by atoms with Crippen LogP contribution in [0.2, 0.25) is 0 Å². The second kappa shape index (κ2) is 5.00. The fourth-order valence-electron chi connectivity index (χ4n) is 2.01. The van der Waals surface area contributed by atoms with Crippen molar-refractivity contribution in [2.24, 2.45) is 11.3 Å². The van der Waals surface area contributed by atoms with E-state index in [0.717, 1.165) is 18.8 Å². The van der Waals surface area contributed by atoms with Crippen molar-refractivity contribution < 1.29 is 9.53 Å². The van der Waals surface area contributed by atoms with Gasteiger partial charge < -0.3 is 4.74 Å². The monoisotopic (exact) mass is 212 g/mol. The van der Waals surface area contributed by atoms with E-state index in [-0.39, 0.29) is 17.5 Å². The maximum atomic E-state index is 11.6.